The second-order valence-corrected chi connectivity index (χ2v) is 7.10. The molecule has 2 fully saturated rings. The number of hydrogen-bond acceptors (Lipinski definition) is 5. The molecule has 0 unspecified atom stereocenters. The van der Waals surface area contributed by atoms with Gasteiger partial charge in [-0.3, -0.25) is 4.90 Å². The first-order valence-electron chi connectivity index (χ1n) is 8.92. The van der Waals surface area contributed by atoms with E-state index in [1.54, 1.807) is 6.33 Å². The minimum atomic E-state index is 0.328. The van der Waals surface area contributed by atoms with E-state index in [4.69, 9.17) is 4.52 Å². The maximum absolute atomic E-state index is 5.51. The summed E-state index contributed by atoms with van der Waals surface area (Å²) in [4.78, 5) is 11.6. The van der Waals surface area contributed by atoms with Crippen molar-refractivity contribution >= 4 is 0 Å². The molecule has 6 heteroatoms. The van der Waals surface area contributed by atoms with Crippen LogP contribution in [0.2, 0.25) is 0 Å². The SMILES string of the molecule is Cn1cnc(-c2nc([C@@H]3C[C@H](c4ccccc4)N4CCC[C@@H]34)no2)c1. The third kappa shape index (κ3) is 2.48. The number of aromatic nitrogens is 4. The molecule has 0 radical (unpaired) electrons. The molecule has 5 rings (SSSR count). The summed E-state index contributed by atoms with van der Waals surface area (Å²) >= 11 is 0. The Hall–Kier alpha value is -2.47. The highest BCUT2D eigenvalue weighted by atomic mass is 16.5. The van der Waals surface area contributed by atoms with E-state index < -0.39 is 0 Å². The standard InChI is InChI=1S/C19H21N5O/c1-23-11-15(20-12-23)19-21-18(22-25-19)14-10-17(13-6-3-2-4-7-13)24-9-5-8-16(14)24/h2-4,6-7,11-12,14,16-17H,5,8-10H2,1H3/t14-,16+,17-/m1/s1. The van der Waals surface area contributed by atoms with Gasteiger partial charge in [0.25, 0.3) is 5.89 Å². The van der Waals surface area contributed by atoms with Crippen LogP contribution in [0.4, 0.5) is 0 Å². The van der Waals surface area contributed by atoms with Crippen LogP contribution < -0.4 is 0 Å². The van der Waals surface area contributed by atoms with E-state index in [0.717, 1.165) is 24.5 Å². The summed E-state index contributed by atoms with van der Waals surface area (Å²) in [5, 5.41) is 4.31. The number of aryl methyl sites for hydroxylation is 1. The second kappa shape index (κ2) is 5.81. The van der Waals surface area contributed by atoms with Crippen molar-refractivity contribution in [3.63, 3.8) is 0 Å². The Bertz CT molecular complexity index is 871. The molecule has 2 saturated heterocycles. The summed E-state index contributed by atoms with van der Waals surface area (Å²) in [5.41, 5.74) is 2.13. The van der Waals surface area contributed by atoms with Crippen LogP contribution in [-0.2, 0) is 7.05 Å². The largest absolute Gasteiger partial charge is 0.340 e. The normalized spacial score (nSPS) is 26.2. The van der Waals surface area contributed by atoms with Gasteiger partial charge in [-0.05, 0) is 31.4 Å². The maximum Gasteiger partial charge on any atom is 0.278 e. The van der Waals surface area contributed by atoms with Gasteiger partial charge in [0.05, 0.1) is 6.33 Å². The maximum atomic E-state index is 5.51. The summed E-state index contributed by atoms with van der Waals surface area (Å²) in [5.74, 6) is 1.67. The molecule has 3 aromatic rings. The van der Waals surface area contributed by atoms with Crippen LogP contribution in [0.15, 0.2) is 47.4 Å². The Balaban J connectivity index is 1.45. The smallest absolute Gasteiger partial charge is 0.278 e. The van der Waals surface area contributed by atoms with E-state index in [1.165, 1.54) is 18.4 Å². The Morgan fingerprint density at radius 2 is 2.08 bits per heavy atom. The van der Waals surface area contributed by atoms with Crippen LogP contribution in [0.3, 0.4) is 0 Å². The van der Waals surface area contributed by atoms with E-state index in [0.29, 0.717) is 23.9 Å². The highest BCUT2D eigenvalue weighted by Crippen LogP contribution is 2.48. The van der Waals surface area contributed by atoms with Gasteiger partial charge in [0, 0.05) is 31.2 Å². The predicted octanol–water partition coefficient (Wildman–Crippen LogP) is 3.16. The van der Waals surface area contributed by atoms with Gasteiger partial charge >= 0.3 is 0 Å². The molecule has 4 heterocycles. The zero-order valence-electron chi connectivity index (χ0n) is 14.2. The van der Waals surface area contributed by atoms with Crippen molar-refractivity contribution in [3.8, 4) is 11.6 Å². The molecule has 0 N–H and O–H groups in total. The van der Waals surface area contributed by atoms with Gasteiger partial charge in [0.15, 0.2) is 5.82 Å². The number of fused-ring (bicyclic) bond motifs is 1. The Labute approximate surface area is 146 Å². The molecule has 2 aromatic heterocycles. The van der Waals surface area contributed by atoms with E-state index in [2.05, 4.69) is 50.4 Å². The first kappa shape index (κ1) is 14.8. The van der Waals surface area contributed by atoms with Crippen LogP contribution in [0.1, 0.15) is 42.6 Å². The van der Waals surface area contributed by atoms with E-state index in [1.807, 2.05) is 17.8 Å². The molecule has 25 heavy (non-hydrogen) atoms. The molecular weight excluding hydrogens is 314 g/mol. The highest BCUT2D eigenvalue weighted by Gasteiger charge is 2.46. The van der Waals surface area contributed by atoms with Gasteiger partial charge in [-0.1, -0.05) is 35.5 Å². The summed E-state index contributed by atoms with van der Waals surface area (Å²) in [6.07, 6.45) is 7.16. The number of hydrogen-bond donors (Lipinski definition) is 0. The van der Waals surface area contributed by atoms with Crippen LogP contribution in [0, 0.1) is 0 Å². The fraction of sp³-hybridized carbons (Fsp3) is 0.421. The molecule has 128 valence electrons. The average molecular weight is 335 g/mol. The Kier molecular flexibility index (Phi) is 3.45. The number of nitrogens with zero attached hydrogens (tertiary/aromatic N) is 5. The summed E-state index contributed by atoms with van der Waals surface area (Å²) < 4.78 is 7.40. The molecule has 0 aliphatic carbocycles. The zero-order chi connectivity index (χ0) is 16.8. The average Bonchev–Trinajstić information content (AvgIpc) is 3.39. The van der Waals surface area contributed by atoms with Crippen LogP contribution >= 0.6 is 0 Å². The molecule has 6 nitrogen and oxygen atoms in total. The lowest BCUT2D eigenvalue weighted by Crippen LogP contribution is -2.27. The predicted molar refractivity (Wildman–Crippen MR) is 92.8 cm³/mol. The first-order chi connectivity index (χ1) is 12.3. The lowest BCUT2D eigenvalue weighted by atomic mass is 9.94. The topological polar surface area (TPSA) is 60.0 Å². The lowest BCUT2D eigenvalue weighted by molar-refractivity contribution is 0.243. The third-order valence-corrected chi connectivity index (χ3v) is 5.57. The van der Waals surface area contributed by atoms with Crippen molar-refractivity contribution in [1.29, 1.82) is 0 Å². The molecule has 3 atom stereocenters. The van der Waals surface area contributed by atoms with Crippen molar-refractivity contribution in [2.75, 3.05) is 6.54 Å². The van der Waals surface area contributed by atoms with Crippen LogP contribution in [-0.4, -0.2) is 37.2 Å². The quantitative estimate of drug-likeness (QED) is 0.736. The minimum absolute atomic E-state index is 0.328. The third-order valence-electron chi connectivity index (χ3n) is 5.57. The van der Waals surface area contributed by atoms with Gasteiger partial charge in [-0.25, -0.2) is 4.98 Å². The minimum Gasteiger partial charge on any atom is -0.340 e. The zero-order valence-corrected chi connectivity index (χ0v) is 14.2. The Morgan fingerprint density at radius 1 is 1.20 bits per heavy atom. The number of rotatable bonds is 3. The van der Waals surface area contributed by atoms with Gasteiger partial charge < -0.3 is 9.09 Å². The fourth-order valence-corrected chi connectivity index (χ4v) is 4.46. The molecular formula is C19H21N5O. The van der Waals surface area contributed by atoms with Crippen molar-refractivity contribution < 1.29 is 4.52 Å². The molecule has 1 aromatic carbocycles. The van der Waals surface area contributed by atoms with E-state index in [-0.39, 0.29) is 0 Å². The van der Waals surface area contributed by atoms with Gasteiger partial charge in [0.1, 0.15) is 5.69 Å². The van der Waals surface area contributed by atoms with E-state index in [9.17, 15) is 0 Å². The lowest BCUT2D eigenvalue weighted by Gasteiger charge is -2.24. The van der Waals surface area contributed by atoms with Crippen molar-refractivity contribution in [1.82, 2.24) is 24.6 Å². The monoisotopic (exact) mass is 335 g/mol. The summed E-state index contributed by atoms with van der Waals surface area (Å²) in [7, 11) is 1.94. The molecule has 0 spiro atoms. The molecule has 0 saturated carbocycles. The van der Waals surface area contributed by atoms with Crippen molar-refractivity contribution in [2.24, 2.45) is 7.05 Å². The molecule has 0 amide bonds. The van der Waals surface area contributed by atoms with Crippen molar-refractivity contribution in [3.05, 3.63) is 54.2 Å². The van der Waals surface area contributed by atoms with Crippen LogP contribution in [0.5, 0.6) is 0 Å². The van der Waals surface area contributed by atoms with Crippen LogP contribution in [0.25, 0.3) is 11.6 Å². The second-order valence-electron chi connectivity index (χ2n) is 7.10. The molecule has 2 aliphatic rings. The van der Waals surface area contributed by atoms with Crippen molar-refractivity contribution in [2.45, 2.75) is 37.3 Å². The van der Waals surface area contributed by atoms with E-state index >= 15 is 0 Å². The first-order valence-corrected chi connectivity index (χ1v) is 8.92. The number of benzene rings is 1. The summed E-state index contributed by atoms with van der Waals surface area (Å²) in [6, 6.07) is 11.8. The molecule has 0 bridgehead atoms. The highest BCUT2D eigenvalue weighted by molar-refractivity contribution is 5.44. The summed E-state index contributed by atoms with van der Waals surface area (Å²) in [6.45, 7) is 1.16. The van der Waals surface area contributed by atoms with Gasteiger partial charge in [-0.15, -0.1) is 0 Å². The number of imidazole rings is 1. The molecule has 2 aliphatic heterocycles. The van der Waals surface area contributed by atoms with Gasteiger partial charge in [0.2, 0.25) is 0 Å². The fourth-order valence-electron chi connectivity index (χ4n) is 4.46. The van der Waals surface area contributed by atoms with Gasteiger partial charge in [-0.2, -0.15) is 4.98 Å². The Morgan fingerprint density at radius 3 is 2.88 bits per heavy atom.